The van der Waals surface area contributed by atoms with E-state index in [0.29, 0.717) is 6.42 Å². The van der Waals surface area contributed by atoms with Crippen molar-refractivity contribution in [3.05, 3.63) is 33.9 Å². The molecule has 1 amide bonds. The molecule has 21 heavy (non-hydrogen) atoms. The van der Waals surface area contributed by atoms with E-state index < -0.39 is 16.9 Å². The number of nitro groups is 1. The topological polar surface area (TPSA) is 118 Å². The second kappa shape index (κ2) is 6.53. The normalized spacial score (nSPS) is 12.8. The fourth-order valence-corrected chi connectivity index (χ4v) is 2.12. The summed E-state index contributed by atoms with van der Waals surface area (Å²) in [5.74, 6) is -0.650. The Labute approximate surface area is 123 Å². The van der Waals surface area contributed by atoms with Crippen LogP contribution in [0.3, 0.4) is 0 Å². The molecule has 7 nitrogen and oxygen atoms in total. The van der Waals surface area contributed by atoms with Gasteiger partial charge in [0.05, 0.1) is 23.3 Å². The van der Waals surface area contributed by atoms with Gasteiger partial charge >= 0.3 is 0 Å². The van der Waals surface area contributed by atoms with Crippen LogP contribution in [0, 0.1) is 15.5 Å². The van der Waals surface area contributed by atoms with Gasteiger partial charge in [-0.2, -0.15) is 0 Å². The van der Waals surface area contributed by atoms with E-state index in [2.05, 4.69) is 5.32 Å². The molecule has 4 N–H and O–H groups in total. The van der Waals surface area contributed by atoms with Crippen LogP contribution in [0.5, 0.6) is 0 Å². The molecule has 0 heterocycles. The van der Waals surface area contributed by atoms with Gasteiger partial charge in [-0.1, -0.05) is 26.8 Å². The number of anilines is 1. The molecule has 7 heteroatoms. The maximum absolute atomic E-state index is 12.2. The zero-order valence-electron chi connectivity index (χ0n) is 12.4. The molecule has 0 aromatic heterocycles. The number of nitrogens with zero attached hydrogens (tertiary/aromatic N) is 1. The number of hydrogen-bond acceptors (Lipinski definition) is 5. The van der Waals surface area contributed by atoms with Crippen LogP contribution >= 0.6 is 0 Å². The number of hydrogen-bond donors (Lipinski definition) is 3. The van der Waals surface area contributed by atoms with Gasteiger partial charge in [0.15, 0.2) is 0 Å². The van der Waals surface area contributed by atoms with Gasteiger partial charge in [0, 0.05) is 6.07 Å². The van der Waals surface area contributed by atoms with Crippen molar-refractivity contribution in [1.82, 2.24) is 5.32 Å². The monoisotopic (exact) mass is 295 g/mol. The first-order valence-electron chi connectivity index (χ1n) is 6.60. The molecule has 0 spiro atoms. The molecule has 0 saturated carbocycles. The molecule has 0 fully saturated rings. The van der Waals surface area contributed by atoms with E-state index >= 15 is 0 Å². The van der Waals surface area contributed by atoms with Gasteiger partial charge in [0.2, 0.25) is 0 Å². The highest BCUT2D eigenvalue weighted by Gasteiger charge is 2.26. The average Bonchev–Trinajstić information content (AvgIpc) is 2.35. The largest absolute Gasteiger partial charge is 0.398 e. The van der Waals surface area contributed by atoms with Crippen molar-refractivity contribution in [3.63, 3.8) is 0 Å². The highest BCUT2D eigenvalue weighted by atomic mass is 16.6. The van der Waals surface area contributed by atoms with Crippen LogP contribution in [-0.2, 0) is 0 Å². The minimum absolute atomic E-state index is 0.0362. The molecule has 1 rings (SSSR count). The summed E-state index contributed by atoms with van der Waals surface area (Å²) in [4.78, 5) is 22.6. The van der Waals surface area contributed by atoms with E-state index in [1.807, 2.05) is 20.8 Å². The lowest BCUT2D eigenvalue weighted by Gasteiger charge is -2.25. The van der Waals surface area contributed by atoms with Crippen LogP contribution < -0.4 is 11.1 Å². The Bertz CT molecular complexity index is 538. The molecule has 1 atom stereocenters. The predicted octanol–water partition coefficient (Wildman–Crippen LogP) is 1.70. The molecule has 0 radical (unpaired) electrons. The third-order valence-electron chi connectivity index (χ3n) is 2.91. The highest BCUT2D eigenvalue weighted by Crippen LogP contribution is 2.25. The molecule has 0 saturated heterocycles. The first-order valence-corrected chi connectivity index (χ1v) is 6.60. The average molecular weight is 295 g/mol. The summed E-state index contributed by atoms with van der Waals surface area (Å²) >= 11 is 0. The number of aliphatic hydroxyl groups is 1. The Balaban J connectivity index is 3.01. The van der Waals surface area contributed by atoms with Crippen LogP contribution in [-0.4, -0.2) is 28.6 Å². The van der Waals surface area contributed by atoms with E-state index in [-0.39, 0.29) is 29.0 Å². The van der Waals surface area contributed by atoms with E-state index in [4.69, 9.17) is 5.73 Å². The number of amides is 1. The van der Waals surface area contributed by atoms with Crippen molar-refractivity contribution in [2.45, 2.75) is 33.2 Å². The van der Waals surface area contributed by atoms with Crippen molar-refractivity contribution < 1.29 is 14.8 Å². The van der Waals surface area contributed by atoms with E-state index in [1.165, 1.54) is 18.2 Å². The summed E-state index contributed by atoms with van der Waals surface area (Å²) < 4.78 is 0. The predicted molar refractivity (Wildman–Crippen MR) is 79.9 cm³/mol. The number of nitrogens with two attached hydrogens (primary N) is 1. The van der Waals surface area contributed by atoms with Crippen LogP contribution in [0.25, 0.3) is 0 Å². The summed E-state index contributed by atoms with van der Waals surface area (Å²) in [5.41, 5.74) is 5.09. The minimum Gasteiger partial charge on any atom is -0.398 e. The van der Waals surface area contributed by atoms with Gasteiger partial charge < -0.3 is 16.2 Å². The van der Waals surface area contributed by atoms with Crippen LogP contribution in [0.2, 0.25) is 0 Å². The van der Waals surface area contributed by atoms with Crippen molar-refractivity contribution >= 4 is 17.3 Å². The van der Waals surface area contributed by atoms with Crippen LogP contribution in [0.1, 0.15) is 37.6 Å². The molecule has 1 aromatic carbocycles. The van der Waals surface area contributed by atoms with Gasteiger partial charge in [0.1, 0.15) is 5.56 Å². The zero-order chi connectivity index (χ0) is 16.2. The second-order valence-electron chi connectivity index (χ2n) is 6.12. The first-order chi connectivity index (χ1) is 9.65. The van der Waals surface area contributed by atoms with Gasteiger partial charge in [-0.25, -0.2) is 0 Å². The summed E-state index contributed by atoms with van der Waals surface area (Å²) in [6.45, 7) is 5.67. The smallest absolute Gasteiger partial charge is 0.284 e. The van der Waals surface area contributed by atoms with E-state index in [0.717, 1.165) is 0 Å². The lowest BCUT2D eigenvalue weighted by Crippen LogP contribution is -2.40. The molecule has 116 valence electrons. The summed E-state index contributed by atoms with van der Waals surface area (Å²) in [7, 11) is 0. The number of rotatable bonds is 5. The minimum atomic E-state index is -0.650. The molecule has 0 bridgehead atoms. The Morgan fingerprint density at radius 1 is 1.48 bits per heavy atom. The van der Waals surface area contributed by atoms with Crippen LogP contribution in [0.15, 0.2) is 18.2 Å². The summed E-state index contributed by atoms with van der Waals surface area (Å²) in [6, 6.07) is 3.59. The number of benzene rings is 1. The standard InChI is InChI=1S/C14H21N3O4/c1-14(2,3)7-9(8-18)16-13(19)12-10(15)5-4-6-11(12)17(20)21/h4-6,9,18H,7-8,15H2,1-3H3,(H,16,19). The fraction of sp³-hybridized carbons (Fsp3) is 0.500. The molecule has 0 aliphatic heterocycles. The fourth-order valence-electron chi connectivity index (χ4n) is 2.12. The lowest BCUT2D eigenvalue weighted by molar-refractivity contribution is -0.385. The summed E-state index contributed by atoms with van der Waals surface area (Å²) in [5, 5.41) is 22.9. The number of nitrogens with one attached hydrogen (secondary N) is 1. The molecular formula is C14H21N3O4. The summed E-state index contributed by atoms with van der Waals surface area (Å²) in [6.07, 6.45) is 0.537. The van der Waals surface area contributed by atoms with Crippen molar-refractivity contribution in [2.75, 3.05) is 12.3 Å². The molecular weight excluding hydrogens is 274 g/mol. The van der Waals surface area contributed by atoms with Crippen molar-refractivity contribution in [3.8, 4) is 0 Å². The number of nitrogen functional groups attached to an aromatic ring is 1. The maximum atomic E-state index is 12.2. The Kier molecular flexibility index (Phi) is 5.26. The first kappa shape index (κ1) is 16.9. The molecule has 1 aromatic rings. The van der Waals surface area contributed by atoms with Crippen molar-refractivity contribution in [2.24, 2.45) is 5.41 Å². The molecule has 0 aliphatic rings. The second-order valence-corrected chi connectivity index (χ2v) is 6.12. The van der Waals surface area contributed by atoms with Crippen molar-refractivity contribution in [1.29, 1.82) is 0 Å². The number of aliphatic hydroxyl groups excluding tert-OH is 1. The number of carbonyl (C=O) groups is 1. The third kappa shape index (κ3) is 4.71. The quantitative estimate of drug-likeness (QED) is 0.434. The SMILES string of the molecule is CC(C)(C)CC(CO)NC(=O)c1c(N)cccc1[N+](=O)[O-]. The Hall–Kier alpha value is -2.15. The maximum Gasteiger partial charge on any atom is 0.284 e. The van der Waals surface area contributed by atoms with E-state index in [1.54, 1.807) is 0 Å². The van der Waals surface area contributed by atoms with E-state index in [9.17, 15) is 20.0 Å². The van der Waals surface area contributed by atoms with Gasteiger partial charge in [-0.3, -0.25) is 14.9 Å². The van der Waals surface area contributed by atoms with Crippen LogP contribution in [0.4, 0.5) is 11.4 Å². The van der Waals surface area contributed by atoms with Gasteiger partial charge in [-0.05, 0) is 17.9 Å². The highest BCUT2D eigenvalue weighted by molar-refractivity contribution is 6.03. The third-order valence-corrected chi connectivity index (χ3v) is 2.91. The van der Waals surface area contributed by atoms with Gasteiger partial charge in [-0.15, -0.1) is 0 Å². The van der Waals surface area contributed by atoms with Gasteiger partial charge in [0.25, 0.3) is 11.6 Å². The number of nitro benzene ring substituents is 1. The molecule has 1 unspecified atom stereocenters. The Morgan fingerprint density at radius 2 is 2.10 bits per heavy atom. The lowest BCUT2D eigenvalue weighted by atomic mass is 9.88. The zero-order valence-corrected chi connectivity index (χ0v) is 12.4. The molecule has 0 aliphatic carbocycles. The number of carbonyl (C=O) groups excluding carboxylic acids is 1. The Morgan fingerprint density at radius 3 is 2.57 bits per heavy atom.